The number of carbonyl (C=O) groups is 1. The zero-order chi connectivity index (χ0) is 13.8. The first kappa shape index (κ1) is 13.9. The van der Waals surface area contributed by atoms with E-state index in [-0.39, 0.29) is 11.8 Å². The molecule has 0 saturated carbocycles. The van der Waals surface area contributed by atoms with E-state index in [1.165, 1.54) is 0 Å². The van der Waals surface area contributed by atoms with E-state index < -0.39 is 0 Å². The molecule has 1 amide bonds. The van der Waals surface area contributed by atoms with Gasteiger partial charge in [-0.15, -0.1) is 0 Å². The van der Waals surface area contributed by atoms with Crippen LogP contribution in [0, 0.1) is 19.8 Å². The van der Waals surface area contributed by atoms with Crippen LogP contribution < -0.4 is 15.4 Å². The molecule has 1 aromatic carbocycles. The van der Waals surface area contributed by atoms with Crippen LogP contribution in [0.4, 0.5) is 5.69 Å². The maximum atomic E-state index is 12.3. The zero-order valence-electron chi connectivity index (χ0n) is 11.9. The van der Waals surface area contributed by atoms with E-state index in [4.69, 9.17) is 4.74 Å². The minimum Gasteiger partial charge on any atom is -0.495 e. The van der Waals surface area contributed by atoms with Crippen LogP contribution in [-0.2, 0) is 4.79 Å². The number of hydrogen-bond donors (Lipinski definition) is 2. The summed E-state index contributed by atoms with van der Waals surface area (Å²) >= 11 is 0. The monoisotopic (exact) mass is 262 g/mol. The summed E-state index contributed by atoms with van der Waals surface area (Å²) in [5, 5.41) is 6.28. The highest BCUT2D eigenvalue weighted by molar-refractivity contribution is 5.95. The SMILES string of the molecule is COc1cc(C)cc(C)c1NC(=O)C1CCCNC1. The molecule has 1 heterocycles. The van der Waals surface area contributed by atoms with Gasteiger partial charge in [0.25, 0.3) is 0 Å². The van der Waals surface area contributed by atoms with Crippen LogP contribution >= 0.6 is 0 Å². The van der Waals surface area contributed by atoms with Gasteiger partial charge in [0.1, 0.15) is 5.75 Å². The van der Waals surface area contributed by atoms with Crippen molar-refractivity contribution in [2.45, 2.75) is 26.7 Å². The third-order valence-corrected chi connectivity index (χ3v) is 3.58. The highest BCUT2D eigenvalue weighted by atomic mass is 16.5. The summed E-state index contributed by atoms with van der Waals surface area (Å²) in [6.45, 7) is 5.78. The normalized spacial score (nSPS) is 19.0. The van der Waals surface area contributed by atoms with Crippen LogP contribution in [0.15, 0.2) is 12.1 Å². The summed E-state index contributed by atoms with van der Waals surface area (Å²) in [5.41, 5.74) is 2.96. The maximum Gasteiger partial charge on any atom is 0.228 e. The molecular formula is C15H22N2O2. The summed E-state index contributed by atoms with van der Waals surface area (Å²) < 4.78 is 5.36. The molecule has 0 aromatic heterocycles. The number of anilines is 1. The van der Waals surface area contributed by atoms with Gasteiger partial charge in [-0.2, -0.15) is 0 Å². The molecule has 1 atom stereocenters. The van der Waals surface area contributed by atoms with Crippen molar-refractivity contribution in [2.75, 3.05) is 25.5 Å². The van der Waals surface area contributed by atoms with Crippen LogP contribution in [0.3, 0.4) is 0 Å². The lowest BCUT2D eigenvalue weighted by Crippen LogP contribution is -2.37. The van der Waals surface area contributed by atoms with Gasteiger partial charge in [0.05, 0.1) is 18.7 Å². The Kier molecular flexibility index (Phi) is 4.43. The third kappa shape index (κ3) is 3.26. The van der Waals surface area contributed by atoms with E-state index >= 15 is 0 Å². The molecule has 1 aliphatic heterocycles. The molecule has 1 aromatic rings. The van der Waals surface area contributed by atoms with Gasteiger partial charge in [-0.25, -0.2) is 0 Å². The third-order valence-electron chi connectivity index (χ3n) is 3.58. The highest BCUT2D eigenvalue weighted by Gasteiger charge is 2.22. The van der Waals surface area contributed by atoms with Gasteiger partial charge in [0.15, 0.2) is 0 Å². The molecule has 1 aliphatic rings. The Morgan fingerprint density at radius 1 is 1.42 bits per heavy atom. The zero-order valence-corrected chi connectivity index (χ0v) is 11.9. The molecule has 1 saturated heterocycles. The van der Waals surface area contributed by atoms with E-state index in [9.17, 15) is 4.79 Å². The van der Waals surface area contributed by atoms with Gasteiger partial charge < -0.3 is 15.4 Å². The number of methoxy groups -OCH3 is 1. The van der Waals surface area contributed by atoms with Crippen molar-refractivity contribution in [3.8, 4) is 5.75 Å². The number of rotatable bonds is 3. The molecular weight excluding hydrogens is 240 g/mol. The van der Waals surface area contributed by atoms with E-state index in [1.54, 1.807) is 7.11 Å². The second-order valence-corrected chi connectivity index (χ2v) is 5.19. The Hall–Kier alpha value is -1.55. The lowest BCUT2D eigenvalue weighted by atomic mass is 9.98. The predicted octanol–water partition coefficient (Wildman–Crippen LogP) is 2.25. The number of carbonyl (C=O) groups excluding carboxylic acids is 1. The first-order chi connectivity index (χ1) is 9.11. The Morgan fingerprint density at radius 2 is 2.21 bits per heavy atom. The maximum absolute atomic E-state index is 12.3. The number of benzene rings is 1. The molecule has 2 rings (SSSR count). The standard InChI is InChI=1S/C15H22N2O2/c1-10-7-11(2)14(13(8-10)19-3)17-15(18)12-5-4-6-16-9-12/h7-8,12,16H,4-6,9H2,1-3H3,(H,17,18). The van der Waals surface area contributed by atoms with Gasteiger partial charge >= 0.3 is 0 Å². The molecule has 0 spiro atoms. The fourth-order valence-corrected chi connectivity index (χ4v) is 2.55. The van der Waals surface area contributed by atoms with Crippen molar-refractivity contribution in [1.82, 2.24) is 5.32 Å². The van der Waals surface area contributed by atoms with E-state index in [0.29, 0.717) is 0 Å². The number of aryl methyl sites for hydroxylation is 2. The number of nitrogens with one attached hydrogen (secondary N) is 2. The smallest absolute Gasteiger partial charge is 0.228 e. The predicted molar refractivity (Wildman–Crippen MR) is 76.7 cm³/mol. The molecule has 0 aliphatic carbocycles. The van der Waals surface area contributed by atoms with Crippen LogP contribution in [0.25, 0.3) is 0 Å². The van der Waals surface area contributed by atoms with Crippen LogP contribution in [-0.4, -0.2) is 26.1 Å². The van der Waals surface area contributed by atoms with Crippen molar-refractivity contribution >= 4 is 11.6 Å². The number of piperidine rings is 1. The average Bonchev–Trinajstić information content (AvgIpc) is 2.42. The molecule has 4 nitrogen and oxygen atoms in total. The highest BCUT2D eigenvalue weighted by Crippen LogP contribution is 2.30. The van der Waals surface area contributed by atoms with Crippen molar-refractivity contribution < 1.29 is 9.53 Å². The molecule has 19 heavy (non-hydrogen) atoms. The van der Waals surface area contributed by atoms with Crippen molar-refractivity contribution in [3.63, 3.8) is 0 Å². The van der Waals surface area contributed by atoms with Gasteiger partial charge in [-0.1, -0.05) is 6.07 Å². The molecule has 1 fully saturated rings. The first-order valence-corrected chi connectivity index (χ1v) is 6.78. The average molecular weight is 262 g/mol. The Morgan fingerprint density at radius 3 is 2.84 bits per heavy atom. The van der Waals surface area contributed by atoms with Gasteiger partial charge in [0, 0.05) is 6.54 Å². The number of amides is 1. The molecule has 0 radical (unpaired) electrons. The second-order valence-electron chi connectivity index (χ2n) is 5.19. The summed E-state index contributed by atoms with van der Waals surface area (Å²) in [5.74, 6) is 0.867. The summed E-state index contributed by atoms with van der Waals surface area (Å²) in [7, 11) is 1.63. The molecule has 4 heteroatoms. The lowest BCUT2D eigenvalue weighted by Gasteiger charge is -2.23. The summed E-state index contributed by atoms with van der Waals surface area (Å²) in [6, 6.07) is 4.00. The lowest BCUT2D eigenvalue weighted by molar-refractivity contribution is -0.120. The molecule has 2 N–H and O–H groups in total. The van der Waals surface area contributed by atoms with Crippen molar-refractivity contribution in [2.24, 2.45) is 5.92 Å². The minimum atomic E-state index is 0.0548. The number of ether oxygens (including phenoxy) is 1. The fourth-order valence-electron chi connectivity index (χ4n) is 2.55. The van der Waals surface area contributed by atoms with E-state index in [1.807, 2.05) is 19.9 Å². The summed E-state index contributed by atoms with van der Waals surface area (Å²) in [6.07, 6.45) is 2.01. The van der Waals surface area contributed by atoms with Crippen LogP contribution in [0.5, 0.6) is 5.75 Å². The largest absolute Gasteiger partial charge is 0.495 e. The minimum absolute atomic E-state index is 0.0548. The Labute approximate surface area is 114 Å². The Balaban J connectivity index is 2.15. The molecule has 1 unspecified atom stereocenters. The Bertz CT molecular complexity index is 465. The summed E-state index contributed by atoms with van der Waals surface area (Å²) in [4.78, 5) is 12.3. The van der Waals surface area contributed by atoms with Crippen molar-refractivity contribution in [1.29, 1.82) is 0 Å². The fraction of sp³-hybridized carbons (Fsp3) is 0.533. The quantitative estimate of drug-likeness (QED) is 0.878. The van der Waals surface area contributed by atoms with Crippen LogP contribution in [0.2, 0.25) is 0 Å². The topological polar surface area (TPSA) is 50.4 Å². The molecule has 0 bridgehead atoms. The van der Waals surface area contributed by atoms with E-state index in [2.05, 4.69) is 16.7 Å². The van der Waals surface area contributed by atoms with Crippen LogP contribution in [0.1, 0.15) is 24.0 Å². The number of hydrogen-bond acceptors (Lipinski definition) is 3. The van der Waals surface area contributed by atoms with Gasteiger partial charge in [0.2, 0.25) is 5.91 Å². The van der Waals surface area contributed by atoms with E-state index in [0.717, 1.165) is 48.5 Å². The first-order valence-electron chi connectivity index (χ1n) is 6.78. The second kappa shape index (κ2) is 6.06. The molecule has 104 valence electrons. The van der Waals surface area contributed by atoms with Gasteiger partial charge in [-0.05, 0) is 50.4 Å². The van der Waals surface area contributed by atoms with Crippen molar-refractivity contribution in [3.05, 3.63) is 23.3 Å². The van der Waals surface area contributed by atoms with Gasteiger partial charge in [-0.3, -0.25) is 4.79 Å².